The Morgan fingerprint density at radius 1 is 1.32 bits per heavy atom. The van der Waals surface area contributed by atoms with Gasteiger partial charge in [-0.1, -0.05) is 6.07 Å². The summed E-state index contributed by atoms with van der Waals surface area (Å²) in [6, 6.07) is 7.80. The van der Waals surface area contributed by atoms with Crippen molar-refractivity contribution in [2.24, 2.45) is 0 Å². The van der Waals surface area contributed by atoms with Gasteiger partial charge >= 0.3 is 6.03 Å². The number of aromatic nitrogens is 3. The molecule has 150 valence electrons. The number of benzene rings is 1. The van der Waals surface area contributed by atoms with Gasteiger partial charge < -0.3 is 19.9 Å². The molecule has 2 aliphatic rings. The summed E-state index contributed by atoms with van der Waals surface area (Å²) in [5, 5.41) is 7.45. The molecule has 2 aromatic rings. The lowest BCUT2D eigenvalue weighted by molar-refractivity contribution is -0.0875. The van der Waals surface area contributed by atoms with Crippen LogP contribution >= 0.6 is 0 Å². The molecule has 2 aliphatic heterocycles. The summed E-state index contributed by atoms with van der Waals surface area (Å²) in [7, 11) is 5.90. The molecule has 0 aliphatic carbocycles. The Morgan fingerprint density at radius 2 is 2.18 bits per heavy atom. The van der Waals surface area contributed by atoms with Crippen LogP contribution in [0.1, 0.15) is 6.42 Å². The van der Waals surface area contributed by atoms with Crippen molar-refractivity contribution in [1.82, 2.24) is 24.6 Å². The average molecular weight is 385 g/mol. The number of urea groups is 1. The van der Waals surface area contributed by atoms with Crippen LogP contribution in [0.15, 0.2) is 30.6 Å². The minimum absolute atomic E-state index is 0.0813. The molecule has 1 aromatic carbocycles. The van der Waals surface area contributed by atoms with Gasteiger partial charge in [-0.3, -0.25) is 4.90 Å². The van der Waals surface area contributed by atoms with Gasteiger partial charge in [0, 0.05) is 39.4 Å². The van der Waals surface area contributed by atoms with Crippen LogP contribution in [0.5, 0.6) is 0 Å². The summed E-state index contributed by atoms with van der Waals surface area (Å²) in [5.74, 6) is 0.635. The fourth-order valence-electron chi connectivity index (χ4n) is 3.74. The fourth-order valence-corrected chi connectivity index (χ4v) is 3.74. The van der Waals surface area contributed by atoms with Gasteiger partial charge in [-0.25, -0.2) is 9.48 Å². The average Bonchev–Trinajstić information content (AvgIpc) is 3.19. The Balaban J connectivity index is 1.43. The quantitative estimate of drug-likeness (QED) is 0.857. The van der Waals surface area contributed by atoms with Crippen LogP contribution in [0, 0.1) is 0 Å². The van der Waals surface area contributed by atoms with Crippen molar-refractivity contribution in [3.63, 3.8) is 0 Å². The summed E-state index contributed by atoms with van der Waals surface area (Å²) in [5.41, 5.74) is 1.58. The summed E-state index contributed by atoms with van der Waals surface area (Å²) in [4.78, 5) is 23.1. The molecule has 0 spiro atoms. The van der Waals surface area contributed by atoms with E-state index in [4.69, 9.17) is 4.74 Å². The van der Waals surface area contributed by atoms with Gasteiger partial charge in [-0.05, 0) is 31.7 Å². The number of likely N-dealkylation sites (N-methyl/N-ethyl adjacent to an activating group) is 1. The molecule has 0 unspecified atom stereocenters. The molecule has 9 heteroatoms. The monoisotopic (exact) mass is 385 g/mol. The number of rotatable bonds is 3. The molecule has 3 heterocycles. The van der Waals surface area contributed by atoms with Crippen LogP contribution < -0.4 is 10.2 Å². The second-order valence-electron chi connectivity index (χ2n) is 7.56. The summed E-state index contributed by atoms with van der Waals surface area (Å²) >= 11 is 0. The van der Waals surface area contributed by atoms with Crippen molar-refractivity contribution in [3.8, 4) is 5.69 Å². The van der Waals surface area contributed by atoms with Crippen molar-refractivity contribution in [2.75, 3.05) is 57.6 Å². The number of likely N-dealkylation sites (tertiary alicyclic amines) is 1. The van der Waals surface area contributed by atoms with Gasteiger partial charge in [-0.2, -0.15) is 4.98 Å². The number of hydrogen-bond donors (Lipinski definition) is 1. The first kappa shape index (κ1) is 18.7. The van der Waals surface area contributed by atoms with Crippen molar-refractivity contribution >= 4 is 17.7 Å². The van der Waals surface area contributed by atoms with E-state index in [1.165, 1.54) is 0 Å². The van der Waals surface area contributed by atoms with Gasteiger partial charge in [0.15, 0.2) is 0 Å². The first-order chi connectivity index (χ1) is 13.5. The van der Waals surface area contributed by atoms with Crippen molar-refractivity contribution in [2.45, 2.75) is 18.6 Å². The molecular formula is C19H27N7O2. The molecular weight excluding hydrogens is 358 g/mol. The zero-order valence-electron chi connectivity index (χ0n) is 16.6. The standard InChI is InChI=1S/C19H27N7O2/c1-23(2)18-20-13-26(22-18)15-6-4-5-14(11-15)21-19(27)25-8-7-17-16(12-25)24(3)9-10-28-17/h4-6,11,13,16-17H,7-10,12H2,1-3H3,(H,21,27)/t16-,17+/m0/s1. The van der Waals surface area contributed by atoms with E-state index in [-0.39, 0.29) is 18.2 Å². The van der Waals surface area contributed by atoms with Crippen LogP contribution in [0.4, 0.5) is 16.4 Å². The third-order valence-corrected chi connectivity index (χ3v) is 5.39. The van der Waals surface area contributed by atoms with E-state index >= 15 is 0 Å². The number of anilines is 2. The maximum atomic E-state index is 12.8. The maximum Gasteiger partial charge on any atom is 0.321 e. The van der Waals surface area contributed by atoms with Crippen LogP contribution in [0.3, 0.4) is 0 Å². The lowest BCUT2D eigenvalue weighted by atomic mass is 9.99. The van der Waals surface area contributed by atoms with Crippen LogP contribution in [-0.2, 0) is 4.74 Å². The largest absolute Gasteiger partial charge is 0.375 e. The number of nitrogens with one attached hydrogen (secondary N) is 1. The molecule has 28 heavy (non-hydrogen) atoms. The predicted molar refractivity (Wildman–Crippen MR) is 107 cm³/mol. The molecule has 0 radical (unpaired) electrons. The minimum Gasteiger partial charge on any atom is -0.375 e. The molecule has 0 saturated carbocycles. The van der Waals surface area contributed by atoms with Crippen LogP contribution in [0.2, 0.25) is 0 Å². The molecule has 4 rings (SSSR count). The van der Waals surface area contributed by atoms with Crippen molar-refractivity contribution in [1.29, 1.82) is 0 Å². The highest BCUT2D eigenvalue weighted by molar-refractivity contribution is 5.89. The van der Waals surface area contributed by atoms with E-state index in [9.17, 15) is 4.79 Å². The van der Waals surface area contributed by atoms with Crippen LogP contribution in [-0.4, -0.2) is 90.1 Å². The van der Waals surface area contributed by atoms with E-state index in [0.717, 1.165) is 30.9 Å². The smallest absolute Gasteiger partial charge is 0.321 e. The van der Waals surface area contributed by atoms with E-state index in [1.807, 2.05) is 48.2 Å². The van der Waals surface area contributed by atoms with Gasteiger partial charge in [0.2, 0.25) is 5.95 Å². The third kappa shape index (κ3) is 3.81. The number of amides is 2. The molecule has 0 bridgehead atoms. The second-order valence-corrected chi connectivity index (χ2v) is 7.56. The van der Waals surface area contributed by atoms with Gasteiger partial charge in [0.25, 0.3) is 0 Å². The Hall–Kier alpha value is -2.65. The lowest BCUT2D eigenvalue weighted by Gasteiger charge is -2.45. The highest BCUT2D eigenvalue weighted by Gasteiger charge is 2.36. The fraction of sp³-hybridized carbons (Fsp3) is 0.526. The summed E-state index contributed by atoms with van der Waals surface area (Å²) in [6.45, 7) is 3.07. The Bertz CT molecular complexity index is 837. The summed E-state index contributed by atoms with van der Waals surface area (Å²) < 4.78 is 7.56. The van der Waals surface area contributed by atoms with E-state index < -0.39 is 0 Å². The minimum atomic E-state index is -0.0813. The molecule has 2 saturated heterocycles. The molecule has 2 fully saturated rings. The number of fused-ring (bicyclic) bond motifs is 1. The maximum absolute atomic E-state index is 12.8. The van der Waals surface area contributed by atoms with Crippen LogP contribution in [0.25, 0.3) is 5.69 Å². The molecule has 2 atom stereocenters. The van der Waals surface area contributed by atoms with E-state index in [2.05, 4.69) is 27.3 Å². The number of nitrogens with zero attached hydrogens (tertiary/aromatic N) is 6. The normalized spacial score (nSPS) is 22.6. The number of carbonyl (C=O) groups is 1. The number of carbonyl (C=O) groups excluding carboxylic acids is 1. The Labute approximate surface area is 164 Å². The summed E-state index contributed by atoms with van der Waals surface area (Å²) in [6.07, 6.45) is 2.76. The van der Waals surface area contributed by atoms with Crippen molar-refractivity contribution < 1.29 is 9.53 Å². The number of hydrogen-bond acceptors (Lipinski definition) is 6. The van der Waals surface area contributed by atoms with Gasteiger partial charge in [0.1, 0.15) is 6.33 Å². The SMILES string of the molecule is CN(C)c1ncn(-c2cccc(NC(=O)N3CC[C@H]4OCCN(C)[C@H]4C3)c2)n1. The molecule has 2 amide bonds. The van der Waals surface area contributed by atoms with Crippen molar-refractivity contribution in [3.05, 3.63) is 30.6 Å². The lowest BCUT2D eigenvalue weighted by Crippen LogP contribution is -2.60. The first-order valence-corrected chi connectivity index (χ1v) is 9.58. The van der Waals surface area contributed by atoms with Gasteiger partial charge in [0.05, 0.1) is 24.4 Å². The van der Waals surface area contributed by atoms with Gasteiger partial charge in [-0.15, -0.1) is 5.10 Å². The Kier molecular flexibility index (Phi) is 5.19. The number of piperidine rings is 1. The first-order valence-electron chi connectivity index (χ1n) is 9.58. The highest BCUT2D eigenvalue weighted by Crippen LogP contribution is 2.23. The zero-order chi connectivity index (χ0) is 19.7. The number of morpholine rings is 1. The zero-order valence-corrected chi connectivity index (χ0v) is 16.6. The molecule has 1 N–H and O–H groups in total. The van der Waals surface area contributed by atoms with E-state index in [0.29, 0.717) is 19.0 Å². The third-order valence-electron chi connectivity index (χ3n) is 5.39. The molecule has 9 nitrogen and oxygen atoms in total. The Morgan fingerprint density at radius 3 is 2.96 bits per heavy atom. The second kappa shape index (κ2) is 7.76. The highest BCUT2D eigenvalue weighted by atomic mass is 16.5. The topological polar surface area (TPSA) is 78.8 Å². The molecule has 1 aromatic heterocycles. The van der Waals surface area contributed by atoms with E-state index in [1.54, 1.807) is 11.0 Å². The predicted octanol–water partition coefficient (Wildman–Crippen LogP) is 1.27. The number of ether oxygens (including phenoxy) is 1.